The molecule has 0 aliphatic heterocycles. The topological polar surface area (TPSA) is 68.8 Å². The molecule has 5 nitrogen and oxygen atoms in total. The van der Waals surface area contributed by atoms with Gasteiger partial charge >= 0.3 is 0 Å². The summed E-state index contributed by atoms with van der Waals surface area (Å²) >= 11 is 0. The van der Waals surface area contributed by atoms with Gasteiger partial charge in [0.2, 0.25) is 0 Å². The largest absolute Gasteiger partial charge is 0.271 e. The number of fused-ring (bicyclic) bond motifs is 1. The fourth-order valence-corrected chi connectivity index (χ4v) is 2.37. The molecule has 0 fully saturated rings. The Morgan fingerprint density at radius 3 is 2.85 bits per heavy atom. The Bertz CT molecular complexity index is 752. The monoisotopic (exact) mass is 271 g/mol. The zero-order chi connectivity index (χ0) is 14.1. The standard InChI is InChI=1S/C14H14FN5/c1-20-12-5-3-2-4-11(12)14(19-20)13(18-16)9-6-10(15)8-17-7-9/h2-8,13,18H,16H2,1H3. The number of aromatic nitrogens is 3. The molecule has 102 valence electrons. The summed E-state index contributed by atoms with van der Waals surface area (Å²) in [6, 6.07) is 8.82. The normalized spacial score (nSPS) is 12.8. The van der Waals surface area contributed by atoms with Crippen LogP contribution in [0.25, 0.3) is 10.9 Å². The smallest absolute Gasteiger partial charge is 0.141 e. The van der Waals surface area contributed by atoms with E-state index < -0.39 is 11.9 Å². The summed E-state index contributed by atoms with van der Waals surface area (Å²) in [5.74, 6) is 5.24. The van der Waals surface area contributed by atoms with E-state index in [4.69, 9.17) is 5.84 Å². The number of para-hydroxylation sites is 1. The second-order valence-corrected chi connectivity index (χ2v) is 4.56. The number of hydrogen-bond donors (Lipinski definition) is 2. The van der Waals surface area contributed by atoms with Gasteiger partial charge in [-0.3, -0.25) is 15.5 Å². The number of rotatable bonds is 3. The van der Waals surface area contributed by atoms with E-state index in [-0.39, 0.29) is 0 Å². The summed E-state index contributed by atoms with van der Waals surface area (Å²) in [6.45, 7) is 0. The predicted octanol–water partition coefficient (Wildman–Crippen LogP) is 1.66. The first kappa shape index (κ1) is 12.7. The Labute approximate surface area is 115 Å². The first-order valence-electron chi connectivity index (χ1n) is 6.19. The second-order valence-electron chi connectivity index (χ2n) is 4.56. The van der Waals surface area contributed by atoms with Gasteiger partial charge in [-0.25, -0.2) is 9.82 Å². The minimum absolute atomic E-state index is 0.400. The number of hydrazine groups is 1. The van der Waals surface area contributed by atoms with Crippen LogP contribution in [0.1, 0.15) is 17.3 Å². The van der Waals surface area contributed by atoms with Crippen LogP contribution in [0.15, 0.2) is 42.7 Å². The highest BCUT2D eigenvalue weighted by atomic mass is 19.1. The molecule has 0 radical (unpaired) electrons. The number of hydrogen-bond acceptors (Lipinski definition) is 4. The van der Waals surface area contributed by atoms with E-state index in [0.29, 0.717) is 5.56 Å². The summed E-state index contributed by atoms with van der Waals surface area (Å²) in [5.41, 5.74) is 5.06. The van der Waals surface area contributed by atoms with E-state index in [1.807, 2.05) is 31.3 Å². The Kier molecular flexibility index (Phi) is 3.17. The Hall–Kier alpha value is -2.31. The molecule has 2 heterocycles. The fourth-order valence-electron chi connectivity index (χ4n) is 2.37. The molecule has 3 N–H and O–H groups in total. The number of aryl methyl sites for hydroxylation is 1. The Morgan fingerprint density at radius 1 is 1.30 bits per heavy atom. The number of nitrogens with zero attached hydrogens (tertiary/aromatic N) is 3. The van der Waals surface area contributed by atoms with Crippen molar-refractivity contribution in [1.82, 2.24) is 20.2 Å². The number of pyridine rings is 1. The van der Waals surface area contributed by atoms with Crippen molar-refractivity contribution in [3.05, 3.63) is 59.8 Å². The molecule has 0 aliphatic carbocycles. The molecule has 0 aliphatic rings. The highest BCUT2D eigenvalue weighted by Crippen LogP contribution is 2.27. The highest BCUT2D eigenvalue weighted by Gasteiger charge is 2.20. The first-order chi connectivity index (χ1) is 9.70. The van der Waals surface area contributed by atoms with Gasteiger partial charge in [-0.2, -0.15) is 5.10 Å². The third kappa shape index (κ3) is 2.04. The zero-order valence-electron chi connectivity index (χ0n) is 10.9. The number of benzene rings is 1. The molecule has 6 heteroatoms. The quantitative estimate of drug-likeness (QED) is 0.561. The number of halogens is 1. The van der Waals surface area contributed by atoms with Crippen LogP contribution in [0.3, 0.4) is 0 Å². The first-order valence-corrected chi connectivity index (χ1v) is 6.19. The van der Waals surface area contributed by atoms with Crippen LogP contribution >= 0.6 is 0 Å². The van der Waals surface area contributed by atoms with Crippen molar-refractivity contribution in [3.8, 4) is 0 Å². The molecule has 1 unspecified atom stereocenters. The van der Waals surface area contributed by atoms with Crippen molar-refractivity contribution in [1.29, 1.82) is 0 Å². The minimum atomic E-state index is -0.413. The average molecular weight is 271 g/mol. The van der Waals surface area contributed by atoms with E-state index in [9.17, 15) is 4.39 Å². The fraction of sp³-hybridized carbons (Fsp3) is 0.143. The van der Waals surface area contributed by atoms with Crippen LogP contribution in [-0.4, -0.2) is 14.8 Å². The maximum atomic E-state index is 13.3. The van der Waals surface area contributed by atoms with Crippen molar-refractivity contribution in [2.75, 3.05) is 0 Å². The van der Waals surface area contributed by atoms with E-state index in [1.54, 1.807) is 10.9 Å². The number of nitrogens with two attached hydrogens (primary N) is 1. The van der Waals surface area contributed by atoms with Crippen molar-refractivity contribution in [3.63, 3.8) is 0 Å². The van der Waals surface area contributed by atoms with Gasteiger partial charge in [0.15, 0.2) is 0 Å². The third-order valence-electron chi connectivity index (χ3n) is 3.29. The van der Waals surface area contributed by atoms with Crippen LogP contribution in [0.4, 0.5) is 4.39 Å². The average Bonchev–Trinajstić information content (AvgIpc) is 2.78. The molecule has 0 bridgehead atoms. The van der Waals surface area contributed by atoms with Crippen LogP contribution in [0.5, 0.6) is 0 Å². The molecule has 0 saturated heterocycles. The number of nitrogens with one attached hydrogen (secondary N) is 1. The van der Waals surface area contributed by atoms with E-state index in [2.05, 4.69) is 15.5 Å². The van der Waals surface area contributed by atoms with Crippen LogP contribution in [-0.2, 0) is 7.05 Å². The van der Waals surface area contributed by atoms with Gasteiger partial charge in [-0.15, -0.1) is 0 Å². The SMILES string of the molecule is Cn1nc(C(NN)c2cncc(F)c2)c2ccccc21. The molecular weight excluding hydrogens is 257 g/mol. The van der Waals surface area contributed by atoms with Crippen LogP contribution in [0, 0.1) is 5.82 Å². The molecule has 1 aromatic carbocycles. The Morgan fingerprint density at radius 2 is 2.10 bits per heavy atom. The summed E-state index contributed by atoms with van der Waals surface area (Å²) in [4.78, 5) is 3.86. The molecule has 2 aromatic heterocycles. The summed E-state index contributed by atoms with van der Waals surface area (Å²) in [5, 5.41) is 5.47. The van der Waals surface area contributed by atoms with Gasteiger partial charge in [-0.1, -0.05) is 18.2 Å². The van der Waals surface area contributed by atoms with Gasteiger partial charge in [0.1, 0.15) is 5.82 Å². The maximum absolute atomic E-state index is 13.3. The van der Waals surface area contributed by atoms with Crippen molar-refractivity contribution in [2.45, 2.75) is 6.04 Å². The lowest BCUT2D eigenvalue weighted by Gasteiger charge is -2.14. The van der Waals surface area contributed by atoms with Gasteiger partial charge in [0, 0.05) is 18.6 Å². The third-order valence-corrected chi connectivity index (χ3v) is 3.29. The predicted molar refractivity (Wildman–Crippen MR) is 74.1 cm³/mol. The lowest BCUT2D eigenvalue weighted by atomic mass is 10.0. The molecule has 0 spiro atoms. The highest BCUT2D eigenvalue weighted by molar-refractivity contribution is 5.82. The second kappa shape index (κ2) is 4.99. The van der Waals surface area contributed by atoms with E-state index in [0.717, 1.165) is 22.8 Å². The molecule has 3 aromatic rings. The molecule has 3 rings (SSSR count). The van der Waals surface area contributed by atoms with Crippen LogP contribution in [0.2, 0.25) is 0 Å². The van der Waals surface area contributed by atoms with Gasteiger partial charge in [0.25, 0.3) is 0 Å². The van der Waals surface area contributed by atoms with Crippen molar-refractivity contribution in [2.24, 2.45) is 12.9 Å². The van der Waals surface area contributed by atoms with E-state index >= 15 is 0 Å². The van der Waals surface area contributed by atoms with Crippen LogP contribution < -0.4 is 11.3 Å². The van der Waals surface area contributed by atoms with Crippen molar-refractivity contribution >= 4 is 10.9 Å². The maximum Gasteiger partial charge on any atom is 0.141 e. The zero-order valence-corrected chi connectivity index (χ0v) is 10.9. The van der Waals surface area contributed by atoms with Gasteiger partial charge < -0.3 is 0 Å². The lowest BCUT2D eigenvalue weighted by molar-refractivity contribution is 0.585. The van der Waals surface area contributed by atoms with Crippen molar-refractivity contribution < 1.29 is 4.39 Å². The minimum Gasteiger partial charge on any atom is -0.271 e. The lowest BCUT2D eigenvalue weighted by Crippen LogP contribution is -2.29. The van der Waals surface area contributed by atoms with Gasteiger partial charge in [0.05, 0.1) is 23.4 Å². The van der Waals surface area contributed by atoms with Gasteiger partial charge in [-0.05, 0) is 17.7 Å². The molecule has 0 saturated carbocycles. The van der Waals surface area contributed by atoms with E-state index in [1.165, 1.54) is 6.07 Å². The summed E-state index contributed by atoms with van der Waals surface area (Å²) < 4.78 is 15.1. The molecule has 1 atom stereocenters. The molecule has 0 amide bonds. The Balaban J connectivity index is 2.17. The molecular formula is C14H14FN5. The summed E-state index contributed by atoms with van der Waals surface area (Å²) in [6.07, 6.45) is 2.74. The summed E-state index contributed by atoms with van der Waals surface area (Å²) in [7, 11) is 1.86. The molecule has 20 heavy (non-hydrogen) atoms.